The minimum Gasteiger partial charge on any atom is -0.483 e. The number of carbonyl (C=O) groups excluding carboxylic acids is 2. The molecule has 0 unspecified atom stereocenters. The molecule has 0 aliphatic carbocycles. The van der Waals surface area contributed by atoms with Gasteiger partial charge in [-0.2, -0.15) is 0 Å². The Balaban J connectivity index is 1.87. The van der Waals surface area contributed by atoms with Crippen LogP contribution < -0.4 is 15.6 Å². The van der Waals surface area contributed by atoms with Crippen molar-refractivity contribution in [2.45, 2.75) is 0 Å². The highest BCUT2D eigenvalue weighted by atomic mass is 16.5. The van der Waals surface area contributed by atoms with Crippen LogP contribution in [0.15, 0.2) is 54.6 Å². The molecule has 0 bridgehead atoms. The van der Waals surface area contributed by atoms with Gasteiger partial charge < -0.3 is 9.84 Å². The minimum absolute atomic E-state index is 0.295. The van der Waals surface area contributed by atoms with Gasteiger partial charge in [-0.25, -0.2) is 4.79 Å². The van der Waals surface area contributed by atoms with Crippen LogP contribution in [0.3, 0.4) is 0 Å². The second kappa shape index (κ2) is 7.60. The van der Waals surface area contributed by atoms with Gasteiger partial charge in [-0.15, -0.1) is 0 Å². The van der Waals surface area contributed by atoms with E-state index >= 15 is 0 Å². The standard InChI is InChI=1S/C16H14N2O5/c19-14(8-9-16(21)22)17-18-15(20)10-23-13-7-3-5-11-4-1-2-6-12(11)13/h1-9H,10H2,(H,17,19)(H,18,20)(H,21,22)/b9-8+. The van der Waals surface area contributed by atoms with Crippen LogP contribution in [0, 0.1) is 0 Å². The summed E-state index contributed by atoms with van der Waals surface area (Å²) in [4.78, 5) is 33.0. The van der Waals surface area contributed by atoms with Gasteiger partial charge in [-0.05, 0) is 11.5 Å². The molecule has 118 valence electrons. The summed E-state index contributed by atoms with van der Waals surface area (Å²) in [5.74, 6) is -2.04. The number of carboxylic acid groups (broad SMARTS) is 1. The molecule has 0 radical (unpaired) electrons. The summed E-state index contributed by atoms with van der Waals surface area (Å²) in [5.41, 5.74) is 4.16. The van der Waals surface area contributed by atoms with Gasteiger partial charge in [0.2, 0.25) is 0 Å². The van der Waals surface area contributed by atoms with Crippen LogP contribution in [0.4, 0.5) is 0 Å². The zero-order valence-corrected chi connectivity index (χ0v) is 12.0. The lowest BCUT2D eigenvalue weighted by Gasteiger charge is -2.09. The molecule has 0 atom stereocenters. The van der Waals surface area contributed by atoms with E-state index in [4.69, 9.17) is 9.84 Å². The fourth-order valence-corrected chi connectivity index (χ4v) is 1.82. The first kappa shape index (κ1) is 16.0. The molecule has 0 heterocycles. The van der Waals surface area contributed by atoms with Crippen molar-refractivity contribution in [3.8, 4) is 5.75 Å². The topological polar surface area (TPSA) is 105 Å². The maximum atomic E-state index is 11.6. The lowest BCUT2D eigenvalue weighted by Crippen LogP contribution is -2.43. The third-order valence-corrected chi connectivity index (χ3v) is 2.81. The first-order valence-electron chi connectivity index (χ1n) is 6.66. The maximum Gasteiger partial charge on any atom is 0.328 e. The highest BCUT2D eigenvalue weighted by molar-refractivity contribution is 5.95. The minimum atomic E-state index is -1.26. The number of aliphatic carboxylic acids is 1. The van der Waals surface area contributed by atoms with Gasteiger partial charge in [0.1, 0.15) is 5.75 Å². The summed E-state index contributed by atoms with van der Waals surface area (Å²) < 4.78 is 5.44. The predicted octanol–water partition coefficient (Wildman–Crippen LogP) is 1.01. The Morgan fingerprint density at radius 3 is 2.52 bits per heavy atom. The smallest absolute Gasteiger partial charge is 0.328 e. The van der Waals surface area contributed by atoms with E-state index in [0.29, 0.717) is 11.8 Å². The van der Waals surface area contributed by atoms with Gasteiger partial charge in [0.15, 0.2) is 6.61 Å². The molecule has 23 heavy (non-hydrogen) atoms. The van der Waals surface area contributed by atoms with E-state index in [0.717, 1.165) is 16.8 Å². The zero-order valence-electron chi connectivity index (χ0n) is 12.0. The van der Waals surface area contributed by atoms with Crippen molar-refractivity contribution in [3.63, 3.8) is 0 Å². The lowest BCUT2D eigenvalue weighted by molar-refractivity contribution is -0.131. The van der Waals surface area contributed by atoms with Gasteiger partial charge in [0.05, 0.1) is 0 Å². The summed E-state index contributed by atoms with van der Waals surface area (Å²) in [6, 6.07) is 13.1. The molecule has 0 aromatic heterocycles. The van der Waals surface area contributed by atoms with E-state index in [2.05, 4.69) is 5.43 Å². The Labute approximate surface area is 131 Å². The molecule has 2 aromatic rings. The predicted molar refractivity (Wildman–Crippen MR) is 82.5 cm³/mol. The third kappa shape index (κ3) is 4.85. The molecule has 0 saturated carbocycles. The summed E-state index contributed by atoms with van der Waals surface area (Å²) in [7, 11) is 0. The van der Waals surface area contributed by atoms with Gasteiger partial charge in [-0.1, -0.05) is 36.4 Å². The van der Waals surface area contributed by atoms with Gasteiger partial charge in [-0.3, -0.25) is 20.4 Å². The normalized spacial score (nSPS) is 10.4. The summed E-state index contributed by atoms with van der Waals surface area (Å²) in [5, 5.41) is 10.2. The van der Waals surface area contributed by atoms with Crippen LogP contribution in [-0.4, -0.2) is 29.5 Å². The number of hydrazine groups is 1. The second-order valence-corrected chi connectivity index (χ2v) is 4.47. The average Bonchev–Trinajstić information content (AvgIpc) is 2.56. The second-order valence-electron chi connectivity index (χ2n) is 4.47. The molecule has 7 heteroatoms. The van der Waals surface area contributed by atoms with Crippen LogP contribution in [0.1, 0.15) is 0 Å². The number of hydrogen-bond acceptors (Lipinski definition) is 4. The van der Waals surface area contributed by atoms with E-state index in [9.17, 15) is 14.4 Å². The molecule has 2 rings (SSSR count). The van der Waals surface area contributed by atoms with Crippen molar-refractivity contribution in [2.75, 3.05) is 6.61 Å². The number of rotatable bonds is 5. The van der Waals surface area contributed by atoms with Crippen molar-refractivity contribution in [2.24, 2.45) is 0 Å². The molecule has 0 aliphatic rings. The molecule has 0 fully saturated rings. The van der Waals surface area contributed by atoms with E-state index in [1.807, 2.05) is 41.8 Å². The van der Waals surface area contributed by atoms with Crippen LogP contribution in [0.5, 0.6) is 5.75 Å². The Morgan fingerprint density at radius 2 is 1.74 bits per heavy atom. The number of carbonyl (C=O) groups is 3. The van der Waals surface area contributed by atoms with E-state index in [1.165, 1.54) is 0 Å². The van der Waals surface area contributed by atoms with Crippen molar-refractivity contribution in [3.05, 3.63) is 54.6 Å². The number of hydrogen-bond donors (Lipinski definition) is 3. The van der Waals surface area contributed by atoms with Crippen molar-refractivity contribution in [1.82, 2.24) is 10.9 Å². The maximum absolute atomic E-state index is 11.6. The van der Waals surface area contributed by atoms with Gasteiger partial charge >= 0.3 is 5.97 Å². The monoisotopic (exact) mass is 314 g/mol. The molecule has 0 saturated heterocycles. The van der Waals surface area contributed by atoms with Crippen molar-refractivity contribution < 1.29 is 24.2 Å². The number of ether oxygens (including phenoxy) is 1. The fraction of sp³-hybridized carbons (Fsp3) is 0.0625. The average molecular weight is 314 g/mol. The Bertz CT molecular complexity index is 765. The number of carboxylic acids is 1. The van der Waals surface area contributed by atoms with Gasteiger partial charge in [0.25, 0.3) is 11.8 Å². The van der Waals surface area contributed by atoms with E-state index < -0.39 is 17.8 Å². The fourth-order valence-electron chi connectivity index (χ4n) is 1.82. The van der Waals surface area contributed by atoms with Crippen LogP contribution in [0.2, 0.25) is 0 Å². The third-order valence-electron chi connectivity index (χ3n) is 2.81. The quantitative estimate of drug-likeness (QED) is 0.564. The molecule has 2 amide bonds. The van der Waals surface area contributed by atoms with Crippen molar-refractivity contribution in [1.29, 1.82) is 0 Å². The molecule has 0 spiro atoms. The zero-order chi connectivity index (χ0) is 16.7. The number of nitrogens with one attached hydrogen (secondary N) is 2. The van der Waals surface area contributed by atoms with Crippen LogP contribution in [0.25, 0.3) is 10.8 Å². The SMILES string of the molecule is O=C(O)/C=C/C(=O)NNC(=O)COc1cccc2ccccc12. The highest BCUT2D eigenvalue weighted by Crippen LogP contribution is 2.24. The number of benzene rings is 2. The number of fused-ring (bicyclic) bond motifs is 1. The Kier molecular flexibility index (Phi) is 5.30. The van der Waals surface area contributed by atoms with Crippen LogP contribution >= 0.6 is 0 Å². The molecule has 0 aliphatic heterocycles. The lowest BCUT2D eigenvalue weighted by atomic mass is 10.1. The highest BCUT2D eigenvalue weighted by Gasteiger charge is 2.06. The molecular weight excluding hydrogens is 300 g/mol. The molecule has 2 aromatic carbocycles. The summed E-state index contributed by atoms with van der Waals surface area (Å²) >= 11 is 0. The first-order chi connectivity index (χ1) is 11.1. The van der Waals surface area contributed by atoms with Crippen molar-refractivity contribution >= 4 is 28.6 Å². The molecule has 3 N–H and O–H groups in total. The van der Waals surface area contributed by atoms with E-state index in [-0.39, 0.29) is 6.61 Å². The Hall–Kier alpha value is -3.35. The van der Waals surface area contributed by atoms with E-state index in [1.54, 1.807) is 6.07 Å². The number of amides is 2. The van der Waals surface area contributed by atoms with Gasteiger partial charge in [0, 0.05) is 17.5 Å². The first-order valence-corrected chi connectivity index (χ1v) is 6.66. The summed E-state index contributed by atoms with van der Waals surface area (Å²) in [6.45, 7) is -0.295. The molecular formula is C16H14N2O5. The Morgan fingerprint density at radius 1 is 1.00 bits per heavy atom. The molecule has 7 nitrogen and oxygen atoms in total. The summed E-state index contributed by atoms with van der Waals surface area (Å²) in [6.07, 6.45) is 1.45. The van der Waals surface area contributed by atoms with Crippen LogP contribution in [-0.2, 0) is 14.4 Å². The largest absolute Gasteiger partial charge is 0.483 e.